The fraction of sp³-hybridized carbons (Fsp3) is 0.200. The van der Waals surface area contributed by atoms with Crippen LogP contribution in [0.4, 0.5) is 11.5 Å². The van der Waals surface area contributed by atoms with E-state index in [9.17, 15) is 0 Å². The van der Waals surface area contributed by atoms with Gasteiger partial charge in [0.1, 0.15) is 11.3 Å². The summed E-state index contributed by atoms with van der Waals surface area (Å²) < 4.78 is 0. The second kappa shape index (κ2) is 3.49. The van der Waals surface area contributed by atoms with E-state index in [1.165, 1.54) is 0 Å². The van der Waals surface area contributed by atoms with Gasteiger partial charge in [0.25, 0.3) is 0 Å². The van der Waals surface area contributed by atoms with Gasteiger partial charge < -0.3 is 10.6 Å². The average molecular weight is 188 g/mol. The van der Waals surface area contributed by atoms with Gasteiger partial charge in [-0.3, -0.25) is 4.98 Å². The Labute approximate surface area is 82.4 Å². The van der Waals surface area contributed by atoms with E-state index in [0.717, 1.165) is 22.5 Å². The lowest BCUT2D eigenvalue weighted by Gasteiger charge is -2.05. The Hall–Kier alpha value is -1.84. The van der Waals surface area contributed by atoms with Crippen molar-refractivity contribution >= 4 is 22.5 Å². The second-order valence-corrected chi connectivity index (χ2v) is 2.92. The van der Waals surface area contributed by atoms with E-state index in [2.05, 4.69) is 20.6 Å². The van der Waals surface area contributed by atoms with Crippen LogP contribution in [0.1, 0.15) is 0 Å². The highest BCUT2D eigenvalue weighted by atomic mass is 15.0. The number of rotatable bonds is 2. The SMILES string of the molecule is CNc1ccc2nccc(NC)c2n1. The smallest absolute Gasteiger partial charge is 0.126 e. The molecule has 0 saturated carbocycles. The molecular formula is C10H12N4. The topological polar surface area (TPSA) is 49.8 Å². The quantitative estimate of drug-likeness (QED) is 0.753. The first kappa shape index (κ1) is 8.74. The van der Waals surface area contributed by atoms with Gasteiger partial charge in [0.15, 0.2) is 0 Å². The van der Waals surface area contributed by atoms with Gasteiger partial charge in [0.2, 0.25) is 0 Å². The lowest BCUT2D eigenvalue weighted by molar-refractivity contribution is 1.30. The van der Waals surface area contributed by atoms with Gasteiger partial charge >= 0.3 is 0 Å². The predicted octanol–water partition coefficient (Wildman–Crippen LogP) is 1.71. The first-order valence-corrected chi connectivity index (χ1v) is 4.46. The van der Waals surface area contributed by atoms with Crippen molar-refractivity contribution in [2.45, 2.75) is 0 Å². The standard InChI is InChI=1S/C10H12N4/c1-11-7-5-6-13-8-3-4-9(12-2)14-10(7)8/h3-6H,1-2H3,(H,11,13)(H,12,14). The minimum Gasteiger partial charge on any atom is -0.386 e. The molecule has 2 aromatic heterocycles. The van der Waals surface area contributed by atoms with Crippen molar-refractivity contribution in [1.82, 2.24) is 9.97 Å². The molecule has 0 radical (unpaired) electrons. The van der Waals surface area contributed by atoms with Crippen LogP contribution in [0, 0.1) is 0 Å². The van der Waals surface area contributed by atoms with Crippen molar-refractivity contribution < 1.29 is 0 Å². The summed E-state index contributed by atoms with van der Waals surface area (Å²) in [6, 6.07) is 5.78. The summed E-state index contributed by atoms with van der Waals surface area (Å²) in [5, 5.41) is 6.09. The minimum absolute atomic E-state index is 0.849. The molecule has 0 unspecified atom stereocenters. The Morgan fingerprint density at radius 3 is 2.64 bits per heavy atom. The van der Waals surface area contributed by atoms with E-state index in [0.29, 0.717) is 0 Å². The maximum absolute atomic E-state index is 4.43. The summed E-state index contributed by atoms with van der Waals surface area (Å²) >= 11 is 0. The van der Waals surface area contributed by atoms with Crippen molar-refractivity contribution in [2.24, 2.45) is 0 Å². The van der Waals surface area contributed by atoms with Crippen LogP contribution < -0.4 is 10.6 Å². The first-order chi connectivity index (χ1) is 6.85. The zero-order chi connectivity index (χ0) is 9.97. The molecule has 2 heterocycles. The number of hydrogen-bond acceptors (Lipinski definition) is 4. The number of nitrogens with one attached hydrogen (secondary N) is 2. The molecule has 14 heavy (non-hydrogen) atoms. The van der Waals surface area contributed by atoms with E-state index >= 15 is 0 Å². The summed E-state index contributed by atoms with van der Waals surface area (Å²) in [7, 11) is 3.73. The molecule has 2 N–H and O–H groups in total. The summed E-state index contributed by atoms with van der Waals surface area (Å²) in [4.78, 5) is 8.66. The predicted molar refractivity (Wildman–Crippen MR) is 58.6 cm³/mol. The van der Waals surface area contributed by atoms with E-state index in [4.69, 9.17) is 0 Å². The van der Waals surface area contributed by atoms with E-state index in [-0.39, 0.29) is 0 Å². The molecule has 2 aromatic rings. The van der Waals surface area contributed by atoms with Crippen molar-refractivity contribution in [3.63, 3.8) is 0 Å². The lowest BCUT2D eigenvalue weighted by Crippen LogP contribution is -1.96. The Morgan fingerprint density at radius 1 is 1.07 bits per heavy atom. The van der Waals surface area contributed by atoms with E-state index in [1.54, 1.807) is 6.20 Å². The monoisotopic (exact) mass is 188 g/mol. The Kier molecular flexibility index (Phi) is 2.18. The second-order valence-electron chi connectivity index (χ2n) is 2.92. The molecule has 0 amide bonds. The van der Waals surface area contributed by atoms with E-state index < -0.39 is 0 Å². The molecule has 0 aliphatic rings. The van der Waals surface area contributed by atoms with Crippen LogP contribution in [0.3, 0.4) is 0 Å². The van der Waals surface area contributed by atoms with Crippen LogP contribution in [0.15, 0.2) is 24.4 Å². The molecule has 0 aliphatic carbocycles. The van der Waals surface area contributed by atoms with Crippen molar-refractivity contribution in [3.8, 4) is 0 Å². The van der Waals surface area contributed by atoms with Crippen LogP contribution in [0.25, 0.3) is 11.0 Å². The number of fused-ring (bicyclic) bond motifs is 1. The fourth-order valence-corrected chi connectivity index (χ4v) is 1.37. The van der Waals surface area contributed by atoms with Gasteiger partial charge in [0.05, 0.1) is 11.2 Å². The van der Waals surface area contributed by atoms with Gasteiger partial charge in [-0.1, -0.05) is 0 Å². The Morgan fingerprint density at radius 2 is 1.93 bits per heavy atom. The van der Waals surface area contributed by atoms with Crippen molar-refractivity contribution in [3.05, 3.63) is 24.4 Å². The molecular weight excluding hydrogens is 176 g/mol. The molecule has 0 aromatic carbocycles. The lowest BCUT2D eigenvalue weighted by atomic mass is 10.3. The third kappa shape index (κ3) is 1.35. The van der Waals surface area contributed by atoms with E-state index in [1.807, 2.05) is 32.3 Å². The largest absolute Gasteiger partial charge is 0.386 e. The van der Waals surface area contributed by atoms with Crippen molar-refractivity contribution in [1.29, 1.82) is 0 Å². The molecule has 0 saturated heterocycles. The molecule has 4 heteroatoms. The molecule has 0 spiro atoms. The minimum atomic E-state index is 0.849. The maximum Gasteiger partial charge on any atom is 0.126 e. The van der Waals surface area contributed by atoms with Crippen LogP contribution in [-0.2, 0) is 0 Å². The number of pyridine rings is 2. The highest BCUT2D eigenvalue weighted by Crippen LogP contribution is 2.20. The molecule has 4 nitrogen and oxygen atoms in total. The summed E-state index contributed by atoms with van der Waals surface area (Å²) in [6.07, 6.45) is 1.77. The average Bonchev–Trinajstić information content (AvgIpc) is 2.27. The Bertz CT molecular complexity index is 453. The van der Waals surface area contributed by atoms with Gasteiger partial charge in [0, 0.05) is 20.3 Å². The number of hydrogen-bond donors (Lipinski definition) is 2. The summed E-state index contributed by atoms with van der Waals surface area (Å²) in [6.45, 7) is 0. The molecule has 0 fully saturated rings. The van der Waals surface area contributed by atoms with Gasteiger partial charge in [-0.15, -0.1) is 0 Å². The van der Waals surface area contributed by atoms with Gasteiger partial charge in [-0.25, -0.2) is 4.98 Å². The number of aromatic nitrogens is 2. The molecule has 0 atom stereocenters. The Balaban J connectivity index is 2.70. The van der Waals surface area contributed by atoms with Gasteiger partial charge in [-0.05, 0) is 18.2 Å². The van der Waals surface area contributed by atoms with Crippen molar-refractivity contribution in [2.75, 3.05) is 24.7 Å². The zero-order valence-corrected chi connectivity index (χ0v) is 8.20. The molecule has 2 rings (SSSR count). The third-order valence-electron chi connectivity index (χ3n) is 2.11. The normalized spacial score (nSPS) is 10.1. The highest BCUT2D eigenvalue weighted by molar-refractivity contribution is 5.88. The molecule has 72 valence electrons. The summed E-state index contributed by atoms with van der Waals surface area (Å²) in [5.41, 5.74) is 2.78. The number of nitrogens with zero attached hydrogens (tertiary/aromatic N) is 2. The van der Waals surface area contributed by atoms with Crippen LogP contribution in [0.5, 0.6) is 0 Å². The highest BCUT2D eigenvalue weighted by Gasteiger charge is 2.02. The zero-order valence-electron chi connectivity index (χ0n) is 8.20. The fourth-order valence-electron chi connectivity index (χ4n) is 1.37. The third-order valence-corrected chi connectivity index (χ3v) is 2.11. The van der Waals surface area contributed by atoms with Crippen LogP contribution in [-0.4, -0.2) is 24.1 Å². The summed E-state index contributed by atoms with van der Waals surface area (Å²) in [5.74, 6) is 0.849. The maximum atomic E-state index is 4.43. The molecule has 0 bridgehead atoms. The number of anilines is 2. The van der Waals surface area contributed by atoms with Crippen LogP contribution in [0.2, 0.25) is 0 Å². The van der Waals surface area contributed by atoms with Crippen LogP contribution >= 0.6 is 0 Å². The van der Waals surface area contributed by atoms with Gasteiger partial charge in [-0.2, -0.15) is 0 Å². The molecule has 0 aliphatic heterocycles. The first-order valence-electron chi connectivity index (χ1n) is 4.46.